The van der Waals surface area contributed by atoms with Crippen molar-refractivity contribution in [3.63, 3.8) is 0 Å². The van der Waals surface area contributed by atoms with E-state index < -0.39 is 0 Å². The Balaban J connectivity index is 2.16. The molecule has 2 aromatic rings. The predicted molar refractivity (Wildman–Crippen MR) is 93.5 cm³/mol. The lowest BCUT2D eigenvalue weighted by atomic mass is 10.1. The van der Waals surface area contributed by atoms with Gasteiger partial charge in [0, 0.05) is 17.2 Å². The molecule has 0 saturated carbocycles. The SMILES string of the molecule is COc1cc(OC)c(C=NNC(=O)c2ccccc2C)cc1Br. The van der Waals surface area contributed by atoms with Crippen molar-refractivity contribution in [2.75, 3.05) is 14.2 Å². The van der Waals surface area contributed by atoms with Gasteiger partial charge in [-0.1, -0.05) is 18.2 Å². The van der Waals surface area contributed by atoms with Crippen LogP contribution in [0, 0.1) is 6.92 Å². The number of nitrogens with zero attached hydrogens (tertiary/aromatic N) is 1. The Kier molecular flexibility index (Phi) is 5.76. The van der Waals surface area contributed by atoms with E-state index in [-0.39, 0.29) is 5.91 Å². The summed E-state index contributed by atoms with van der Waals surface area (Å²) in [7, 11) is 3.14. The first kappa shape index (κ1) is 17.0. The van der Waals surface area contributed by atoms with Gasteiger partial charge in [-0.2, -0.15) is 5.10 Å². The van der Waals surface area contributed by atoms with Crippen LogP contribution in [0.4, 0.5) is 0 Å². The summed E-state index contributed by atoms with van der Waals surface area (Å²) < 4.78 is 11.3. The summed E-state index contributed by atoms with van der Waals surface area (Å²) in [5, 5.41) is 4.00. The number of rotatable bonds is 5. The second kappa shape index (κ2) is 7.78. The third-order valence-electron chi connectivity index (χ3n) is 3.26. The molecule has 1 N–H and O–H groups in total. The molecule has 0 fully saturated rings. The molecule has 0 atom stereocenters. The lowest BCUT2D eigenvalue weighted by Gasteiger charge is -2.09. The maximum absolute atomic E-state index is 12.1. The number of halogens is 1. The largest absolute Gasteiger partial charge is 0.496 e. The molecule has 2 aromatic carbocycles. The number of nitrogens with one attached hydrogen (secondary N) is 1. The summed E-state index contributed by atoms with van der Waals surface area (Å²) in [6, 6.07) is 10.9. The molecule has 6 heteroatoms. The second-order valence-corrected chi connectivity index (χ2v) is 5.60. The summed E-state index contributed by atoms with van der Waals surface area (Å²) in [6.45, 7) is 1.88. The van der Waals surface area contributed by atoms with Crippen molar-refractivity contribution in [3.8, 4) is 11.5 Å². The fourth-order valence-electron chi connectivity index (χ4n) is 2.03. The van der Waals surface area contributed by atoms with Crippen LogP contribution in [0.5, 0.6) is 11.5 Å². The zero-order valence-corrected chi connectivity index (χ0v) is 14.7. The van der Waals surface area contributed by atoms with Crippen molar-refractivity contribution in [3.05, 3.63) is 57.6 Å². The van der Waals surface area contributed by atoms with E-state index in [2.05, 4.69) is 26.5 Å². The number of carbonyl (C=O) groups excluding carboxylic acids is 1. The van der Waals surface area contributed by atoms with Crippen molar-refractivity contribution in [1.29, 1.82) is 0 Å². The van der Waals surface area contributed by atoms with E-state index in [4.69, 9.17) is 9.47 Å². The van der Waals surface area contributed by atoms with Crippen molar-refractivity contribution in [1.82, 2.24) is 5.43 Å². The molecule has 0 aliphatic rings. The van der Waals surface area contributed by atoms with E-state index in [0.29, 0.717) is 22.6 Å². The van der Waals surface area contributed by atoms with Gasteiger partial charge in [0.15, 0.2) is 0 Å². The molecule has 0 aliphatic carbocycles. The number of hydrogen-bond donors (Lipinski definition) is 1. The molecule has 2 rings (SSSR count). The number of benzene rings is 2. The first-order valence-electron chi connectivity index (χ1n) is 6.87. The number of methoxy groups -OCH3 is 2. The van der Waals surface area contributed by atoms with Crippen LogP contribution < -0.4 is 14.9 Å². The highest BCUT2D eigenvalue weighted by atomic mass is 79.9. The van der Waals surface area contributed by atoms with Crippen molar-refractivity contribution in [2.24, 2.45) is 5.10 Å². The zero-order valence-electron chi connectivity index (χ0n) is 13.1. The van der Waals surface area contributed by atoms with Crippen molar-refractivity contribution in [2.45, 2.75) is 6.92 Å². The highest BCUT2D eigenvalue weighted by Crippen LogP contribution is 2.31. The van der Waals surface area contributed by atoms with Crippen LogP contribution in [-0.2, 0) is 0 Å². The van der Waals surface area contributed by atoms with Crippen LogP contribution >= 0.6 is 15.9 Å². The first-order chi connectivity index (χ1) is 11.1. The molecule has 5 nitrogen and oxygen atoms in total. The highest BCUT2D eigenvalue weighted by Gasteiger charge is 2.09. The van der Waals surface area contributed by atoms with Crippen LogP contribution in [0.25, 0.3) is 0 Å². The Morgan fingerprint density at radius 2 is 1.87 bits per heavy atom. The van der Waals surface area contributed by atoms with Crippen LogP contribution in [0.3, 0.4) is 0 Å². The number of aryl methyl sites for hydroxylation is 1. The van der Waals surface area contributed by atoms with Crippen LogP contribution in [0.15, 0.2) is 46.0 Å². The summed E-state index contributed by atoms with van der Waals surface area (Å²) in [4.78, 5) is 12.1. The molecular weight excluding hydrogens is 360 g/mol. The smallest absolute Gasteiger partial charge is 0.271 e. The average Bonchev–Trinajstić information content (AvgIpc) is 2.55. The van der Waals surface area contributed by atoms with Gasteiger partial charge in [-0.05, 0) is 40.5 Å². The summed E-state index contributed by atoms with van der Waals surface area (Å²) in [6.07, 6.45) is 1.53. The van der Waals surface area contributed by atoms with Gasteiger partial charge in [0.1, 0.15) is 11.5 Å². The van der Waals surface area contributed by atoms with Gasteiger partial charge < -0.3 is 9.47 Å². The van der Waals surface area contributed by atoms with Crippen LogP contribution in [0.1, 0.15) is 21.5 Å². The van der Waals surface area contributed by atoms with E-state index in [1.807, 2.05) is 25.1 Å². The maximum atomic E-state index is 12.1. The summed E-state index contributed by atoms with van der Waals surface area (Å²) in [5.41, 5.74) is 4.71. The van der Waals surface area contributed by atoms with Crippen LogP contribution in [-0.4, -0.2) is 26.3 Å². The number of hydrazone groups is 1. The zero-order chi connectivity index (χ0) is 16.8. The topological polar surface area (TPSA) is 59.9 Å². The molecule has 0 heterocycles. The van der Waals surface area contributed by atoms with E-state index in [9.17, 15) is 4.79 Å². The molecule has 0 bridgehead atoms. The molecule has 0 spiro atoms. The van der Waals surface area contributed by atoms with Crippen molar-refractivity contribution < 1.29 is 14.3 Å². The van der Waals surface area contributed by atoms with Gasteiger partial charge in [0.25, 0.3) is 5.91 Å². The average molecular weight is 377 g/mol. The molecular formula is C17H17BrN2O3. The normalized spacial score (nSPS) is 10.6. The van der Waals surface area contributed by atoms with Gasteiger partial charge in [-0.25, -0.2) is 5.43 Å². The molecule has 0 radical (unpaired) electrons. The van der Waals surface area contributed by atoms with Gasteiger partial charge in [-0.15, -0.1) is 0 Å². The lowest BCUT2D eigenvalue weighted by molar-refractivity contribution is 0.0954. The molecule has 0 aromatic heterocycles. The highest BCUT2D eigenvalue weighted by molar-refractivity contribution is 9.10. The summed E-state index contributed by atoms with van der Waals surface area (Å²) >= 11 is 3.41. The molecule has 1 amide bonds. The minimum absolute atomic E-state index is 0.258. The van der Waals surface area contributed by atoms with E-state index >= 15 is 0 Å². The number of hydrogen-bond acceptors (Lipinski definition) is 4. The second-order valence-electron chi connectivity index (χ2n) is 4.74. The third kappa shape index (κ3) is 4.10. The fourth-order valence-corrected chi connectivity index (χ4v) is 2.56. The minimum atomic E-state index is -0.258. The monoisotopic (exact) mass is 376 g/mol. The Bertz CT molecular complexity index is 745. The van der Waals surface area contributed by atoms with E-state index in [1.165, 1.54) is 6.21 Å². The van der Waals surface area contributed by atoms with Gasteiger partial charge in [-0.3, -0.25) is 4.79 Å². The third-order valence-corrected chi connectivity index (χ3v) is 3.88. The Morgan fingerprint density at radius 3 is 2.52 bits per heavy atom. The van der Waals surface area contributed by atoms with Gasteiger partial charge in [0.2, 0.25) is 0 Å². The Morgan fingerprint density at radius 1 is 1.17 bits per heavy atom. The number of amides is 1. The number of ether oxygens (including phenoxy) is 2. The Labute approximate surface area is 143 Å². The van der Waals surface area contributed by atoms with E-state index in [1.54, 1.807) is 32.4 Å². The molecule has 0 saturated heterocycles. The Hall–Kier alpha value is -2.34. The minimum Gasteiger partial charge on any atom is -0.496 e. The predicted octanol–water partition coefficient (Wildman–Crippen LogP) is 3.54. The molecule has 0 aliphatic heterocycles. The summed E-state index contributed by atoms with van der Waals surface area (Å²) in [5.74, 6) is 0.993. The number of carbonyl (C=O) groups is 1. The van der Waals surface area contributed by atoms with Gasteiger partial charge >= 0.3 is 0 Å². The standard InChI is InChI=1S/C17H17BrN2O3/c1-11-6-4-5-7-13(11)17(21)20-19-10-12-8-14(18)16(23-3)9-15(12)22-2/h4-10H,1-3H3,(H,20,21). The molecule has 0 unspecified atom stereocenters. The van der Waals surface area contributed by atoms with Gasteiger partial charge in [0.05, 0.1) is 24.9 Å². The van der Waals surface area contributed by atoms with Crippen LogP contribution in [0.2, 0.25) is 0 Å². The molecule has 23 heavy (non-hydrogen) atoms. The lowest BCUT2D eigenvalue weighted by Crippen LogP contribution is -2.18. The van der Waals surface area contributed by atoms with Crippen molar-refractivity contribution >= 4 is 28.1 Å². The first-order valence-corrected chi connectivity index (χ1v) is 7.66. The maximum Gasteiger partial charge on any atom is 0.271 e. The molecule has 120 valence electrons. The fraction of sp³-hybridized carbons (Fsp3) is 0.176. The van der Waals surface area contributed by atoms with E-state index in [0.717, 1.165) is 10.0 Å². The quantitative estimate of drug-likeness (QED) is 0.641.